The molecule has 0 aliphatic carbocycles. The number of fused-ring (bicyclic) bond motifs is 1. The summed E-state index contributed by atoms with van der Waals surface area (Å²) in [4.78, 5) is 24.4. The Morgan fingerprint density at radius 2 is 1.85 bits per heavy atom. The second-order valence-corrected chi connectivity index (χ2v) is 12.7. The summed E-state index contributed by atoms with van der Waals surface area (Å²) in [6.45, 7) is 8.71. The Morgan fingerprint density at radius 1 is 1.22 bits per heavy atom. The summed E-state index contributed by atoms with van der Waals surface area (Å²) in [7, 11) is -4.30. The topological polar surface area (TPSA) is 152 Å². The molecule has 1 aromatic carbocycles. The standard InChI is InChI=1S/C25H34F3N5O7S/c1-14(2)32-13-20(15(3)31-32)41(37,38)33-12-17(11-29-21(34)23(4,5)36)39-19-9-8-16(10-18(19)33)30-22(35)40-24(6,7)25(26,27)28/h8-10,13-14,17,36H,11-12H2,1-7H3,(H,29,34)(H,30,35). The van der Waals surface area contributed by atoms with Crippen molar-refractivity contribution in [2.24, 2.45) is 0 Å². The molecule has 0 saturated heterocycles. The molecule has 0 saturated carbocycles. The highest BCUT2D eigenvalue weighted by molar-refractivity contribution is 7.92. The lowest BCUT2D eigenvalue weighted by Crippen LogP contribution is -2.51. The van der Waals surface area contributed by atoms with E-state index in [-0.39, 0.29) is 46.8 Å². The van der Waals surface area contributed by atoms with E-state index < -0.39 is 45.5 Å². The Labute approximate surface area is 235 Å². The normalized spacial score (nSPS) is 16.2. The molecular weight excluding hydrogens is 571 g/mol. The van der Waals surface area contributed by atoms with Crippen molar-refractivity contribution in [2.75, 3.05) is 22.7 Å². The number of hydrogen-bond acceptors (Lipinski definition) is 8. The lowest BCUT2D eigenvalue weighted by Gasteiger charge is -2.36. The van der Waals surface area contributed by atoms with Gasteiger partial charge in [0.1, 0.15) is 22.4 Å². The molecule has 1 aliphatic rings. The molecule has 12 nitrogen and oxygen atoms in total. The number of anilines is 2. The minimum atomic E-state index is -4.83. The van der Waals surface area contributed by atoms with Crippen molar-refractivity contribution in [3.05, 3.63) is 30.1 Å². The highest BCUT2D eigenvalue weighted by Gasteiger charge is 2.51. The minimum Gasteiger partial charge on any atom is -0.484 e. The molecule has 228 valence electrons. The maximum Gasteiger partial charge on any atom is 0.427 e. The van der Waals surface area contributed by atoms with Gasteiger partial charge in [0.05, 0.1) is 24.5 Å². The molecule has 0 radical (unpaired) electrons. The van der Waals surface area contributed by atoms with Gasteiger partial charge in [-0.05, 0) is 66.7 Å². The van der Waals surface area contributed by atoms with Crippen LogP contribution < -0.4 is 19.7 Å². The lowest BCUT2D eigenvalue weighted by molar-refractivity contribution is -0.242. The Bertz CT molecular complexity index is 1420. The van der Waals surface area contributed by atoms with Gasteiger partial charge in [0.15, 0.2) is 0 Å². The van der Waals surface area contributed by atoms with Crippen LogP contribution in [0, 0.1) is 6.92 Å². The van der Waals surface area contributed by atoms with E-state index in [1.54, 1.807) is 0 Å². The predicted octanol–water partition coefficient (Wildman–Crippen LogP) is 3.51. The van der Waals surface area contributed by atoms with Crippen molar-refractivity contribution in [3.63, 3.8) is 0 Å². The van der Waals surface area contributed by atoms with Crippen molar-refractivity contribution in [2.45, 2.75) is 82.9 Å². The van der Waals surface area contributed by atoms with E-state index in [1.807, 2.05) is 13.8 Å². The monoisotopic (exact) mass is 605 g/mol. The number of aliphatic hydroxyl groups is 1. The second-order valence-electron chi connectivity index (χ2n) is 10.9. The van der Waals surface area contributed by atoms with Gasteiger partial charge in [0, 0.05) is 17.9 Å². The summed E-state index contributed by atoms with van der Waals surface area (Å²) in [5.74, 6) is -0.638. The van der Waals surface area contributed by atoms with Gasteiger partial charge in [-0.3, -0.25) is 19.1 Å². The fraction of sp³-hybridized carbons (Fsp3) is 0.560. The quantitative estimate of drug-likeness (QED) is 0.414. The first kappa shape index (κ1) is 32.0. The maximum absolute atomic E-state index is 13.9. The smallest absolute Gasteiger partial charge is 0.427 e. The molecule has 16 heteroatoms. The second kappa shape index (κ2) is 11.0. The number of aryl methyl sites for hydroxylation is 1. The number of sulfonamides is 1. The number of hydrogen-bond donors (Lipinski definition) is 3. The van der Waals surface area contributed by atoms with Crippen LogP contribution in [0.1, 0.15) is 53.3 Å². The zero-order valence-corrected chi connectivity index (χ0v) is 24.5. The molecule has 41 heavy (non-hydrogen) atoms. The van der Waals surface area contributed by atoms with E-state index in [4.69, 9.17) is 4.74 Å². The van der Waals surface area contributed by atoms with Crippen LogP contribution in [0.5, 0.6) is 5.75 Å². The number of carbonyl (C=O) groups is 2. The highest BCUT2D eigenvalue weighted by atomic mass is 32.2. The molecule has 1 unspecified atom stereocenters. The van der Waals surface area contributed by atoms with Gasteiger partial charge < -0.3 is 19.9 Å². The number of alkyl halides is 3. The number of carbonyl (C=O) groups excluding carboxylic acids is 2. The van der Waals surface area contributed by atoms with Crippen LogP contribution in [0.25, 0.3) is 0 Å². The van der Waals surface area contributed by atoms with Gasteiger partial charge in [0.2, 0.25) is 5.60 Å². The van der Waals surface area contributed by atoms with E-state index in [2.05, 4.69) is 20.5 Å². The van der Waals surface area contributed by atoms with Crippen molar-refractivity contribution >= 4 is 33.4 Å². The van der Waals surface area contributed by atoms with Crippen LogP contribution in [-0.4, -0.2) is 71.9 Å². The molecule has 2 aromatic rings. The Morgan fingerprint density at radius 3 is 2.39 bits per heavy atom. The fourth-order valence-electron chi connectivity index (χ4n) is 3.68. The van der Waals surface area contributed by atoms with Gasteiger partial charge in [-0.2, -0.15) is 18.3 Å². The SMILES string of the molecule is Cc1nn(C(C)C)cc1S(=O)(=O)N1CC(CNC(=O)C(C)(C)O)Oc2ccc(NC(=O)OC(C)(C)C(F)(F)F)cc21. The van der Waals surface area contributed by atoms with E-state index in [9.17, 15) is 36.3 Å². The fourth-order valence-corrected chi connectivity index (χ4v) is 5.34. The van der Waals surface area contributed by atoms with Crippen molar-refractivity contribution in [3.8, 4) is 5.75 Å². The minimum absolute atomic E-state index is 0.0142. The molecule has 2 heterocycles. The molecule has 3 rings (SSSR count). The van der Waals surface area contributed by atoms with Crippen molar-refractivity contribution < 1.29 is 45.8 Å². The van der Waals surface area contributed by atoms with Crippen LogP contribution in [0.4, 0.5) is 29.3 Å². The summed E-state index contributed by atoms with van der Waals surface area (Å²) in [6.07, 6.45) is -5.73. The molecule has 3 N–H and O–H groups in total. The van der Waals surface area contributed by atoms with Gasteiger partial charge >= 0.3 is 12.3 Å². The van der Waals surface area contributed by atoms with Crippen LogP contribution in [-0.2, 0) is 19.6 Å². The lowest BCUT2D eigenvalue weighted by atomic mass is 10.1. The Hall–Kier alpha value is -3.53. The van der Waals surface area contributed by atoms with E-state index >= 15 is 0 Å². The largest absolute Gasteiger partial charge is 0.484 e. The number of nitrogens with zero attached hydrogens (tertiary/aromatic N) is 3. The first-order valence-electron chi connectivity index (χ1n) is 12.6. The summed E-state index contributed by atoms with van der Waals surface area (Å²) in [5.41, 5.74) is -4.31. The first-order valence-corrected chi connectivity index (χ1v) is 14.0. The summed E-state index contributed by atoms with van der Waals surface area (Å²) < 4.78 is 80.3. The van der Waals surface area contributed by atoms with Gasteiger partial charge in [-0.1, -0.05) is 0 Å². The number of rotatable bonds is 8. The Balaban J connectivity index is 1.99. The highest BCUT2D eigenvalue weighted by Crippen LogP contribution is 2.40. The third-order valence-corrected chi connectivity index (χ3v) is 8.07. The summed E-state index contributed by atoms with van der Waals surface area (Å²) in [6, 6.07) is 3.71. The van der Waals surface area contributed by atoms with Gasteiger partial charge in [0.25, 0.3) is 15.9 Å². The number of halogens is 3. The zero-order valence-electron chi connectivity index (χ0n) is 23.7. The van der Waals surface area contributed by atoms with Crippen LogP contribution in [0.15, 0.2) is 29.3 Å². The number of amides is 2. The van der Waals surface area contributed by atoms with E-state index in [0.717, 1.165) is 4.31 Å². The van der Waals surface area contributed by atoms with Crippen molar-refractivity contribution in [1.82, 2.24) is 15.1 Å². The van der Waals surface area contributed by atoms with E-state index in [0.29, 0.717) is 13.8 Å². The van der Waals surface area contributed by atoms with E-state index in [1.165, 1.54) is 49.8 Å². The molecular formula is C25H34F3N5O7S. The molecule has 0 fully saturated rings. The average Bonchev–Trinajstić information content (AvgIpc) is 3.23. The first-order chi connectivity index (χ1) is 18.6. The molecule has 0 spiro atoms. The van der Waals surface area contributed by atoms with Crippen molar-refractivity contribution in [1.29, 1.82) is 0 Å². The third kappa shape index (κ3) is 7.04. The predicted molar refractivity (Wildman–Crippen MR) is 142 cm³/mol. The summed E-state index contributed by atoms with van der Waals surface area (Å²) in [5, 5.41) is 18.9. The number of ether oxygens (including phenoxy) is 2. The van der Waals surface area contributed by atoms with Gasteiger partial charge in [-0.15, -0.1) is 0 Å². The molecule has 0 bridgehead atoms. The van der Waals surface area contributed by atoms with Gasteiger partial charge in [-0.25, -0.2) is 13.2 Å². The average molecular weight is 606 g/mol. The Kier molecular flexibility index (Phi) is 8.61. The molecule has 1 aliphatic heterocycles. The molecule has 1 atom stereocenters. The number of benzene rings is 1. The van der Waals surface area contributed by atoms with Crippen LogP contribution in [0.3, 0.4) is 0 Å². The molecule has 2 amide bonds. The molecule has 1 aromatic heterocycles. The summed E-state index contributed by atoms with van der Waals surface area (Å²) >= 11 is 0. The third-order valence-electron chi connectivity index (χ3n) is 6.18. The number of nitrogens with one attached hydrogen (secondary N) is 2. The zero-order chi connectivity index (χ0) is 31.1. The maximum atomic E-state index is 13.9. The van der Waals surface area contributed by atoms with Crippen LogP contribution in [0.2, 0.25) is 0 Å². The number of aromatic nitrogens is 2. The van der Waals surface area contributed by atoms with Crippen LogP contribution >= 0.6 is 0 Å².